The van der Waals surface area contributed by atoms with Crippen LogP contribution >= 0.6 is 0 Å². The van der Waals surface area contributed by atoms with E-state index in [1.807, 2.05) is 0 Å². The molecule has 4 nitrogen and oxygen atoms in total. The van der Waals surface area contributed by atoms with Gasteiger partial charge in [0.25, 0.3) is 0 Å². The van der Waals surface area contributed by atoms with Crippen LogP contribution in [0.25, 0.3) is 0 Å². The van der Waals surface area contributed by atoms with Crippen LogP contribution in [0.4, 0.5) is 18.9 Å². The minimum atomic E-state index is -4.51. The smallest absolute Gasteiger partial charge is 0.418 e. The van der Waals surface area contributed by atoms with Crippen LogP contribution in [0, 0.1) is 16.7 Å². The lowest BCUT2D eigenvalue weighted by atomic mass is 9.90. The Bertz CT molecular complexity index is 551. The van der Waals surface area contributed by atoms with Crippen LogP contribution in [0.2, 0.25) is 0 Å². The molecular weight excluding hydrogens is 309 g/mol. The monoisotopic (exact) mass is 330 g/mol. The van der Waals surface area contributed by atoms with Gasteiger partial charge in [-0.3, -0.25) is 0 Å². The Hall–Kier alpha value is -1.94. The molecule has 1 aromatic rings. The third-order valence-corrected chi connectivity index (χ3v) is 3.25. The van der Waals surface area contributed by atoms with Gasteiger partial charge in [0, 0.05) is 12.2 Å². The average Bonchev–Trinajstić information content (AvgIpc) is 2.49. The lowest BCUT2D eigenvalue weighted by Crippen LogP contribution is -2.14. The third-order valence-electron chi connectivity index (χ3n) is 3.25. The van der Waals surface area contributed by atoms with Gasteiger partial charge >= 0.3 is 6.18 Å². The number of hydrogen-bond donors (Lipinski definition) is 2. The largest absolute Gasteiger partial charge is 0.491 e. The molecule has 0 spiro atoms. The molecule has 0 heterocycles. The number of nitrogens with one attached hydrogen (secondary N) is 1. The molecule has 0 aliphatic heterocycles. The number of aliphatic hydroxyl groups is 1. The molecule has 0 radical (unpaired) electrons. The van der Waals surface area contributed by atoms with E-state index in [0.29, 0.717) is 19.4 Å². The zero-order chi connectivity index (χ0) is 17.5. The molecule has 1 aromatic carbocycles. The van der Waals surface area contributed by atoms with Gasteiger partial charge in [-0.2, -0.15) is 18.4 Å². The van der Waals surface area contributed by atoms with Crippen molar-refractivity contribution in [1.82, 2.24) is 0 Å². The van der Waals surface area contributed by atoms with Crippen molar-refractivity contribution in [3.8, 4) is 11.8 Å². The number of aliphatic hydroxyl groups excluding tert-OH is 1. The Balaban J connectivity index is 2.76. The number of nitrogens with zero attached hydrogens (tertiary/aromatic N) is 1. The summed E-state index contributed by atoms with van der Waals surface area (Å²) in [6.07, 6.45) is -3.33. The summed E-state index contributed by atoms with van der Waals surface area (Å²) in [6, 6.07) is 5.81. The van der Waals surface area contributed by atoms with Gasteiger partial charge in [-0.05, 0) is 44.9 Å². The van der Waals surface area contributed by atoms with Crippen LogP contribution in [-0.4, -0.2) is 24.9 Å². The highest BCUT2D eigenvalue weighted by Gasteiger charge is 2.34. The number of rotatable bonds is 8. The molecule has 23 heavy (non-hydrogen) atoms. The highest BCUT2D eigenvalue weighted by molar-refractivity contribution is 5.55. The van der Waals surface area contributed by atoms with E-state index in [2.05, 4.69) is 11.4 Å². The van der Waals surface area contributed by atoms with Crippen LogP contribution < -0.4 is 10.1 Å². The predicted octanol–water partition coefficient (Wildman–Crippen LogP) is 3.82. The number of nitriles is 1. The van der Waals surface area contributed by atoms with E-state index in [9.17, 15) is 13.2 Å². The maximum Gasteiger partial charge on any atom is 0.418 e. The second-order valence-corrected chi connectivity index (χ2v) is 5.80. The quantitative estimate of drug-likeness (QED) is 0.711. The maximum atomic E-state index is 13.1. The van der Waals surface area contributed by atoms with Crippen molar-refractivity contribution in [3.63, 3.8) is 0 Å². The minimum absolute atomic E-state index is 0.0244. The van der Waals surface area contributed by atoms with Crippen molar-refractivity contribution < 1.29 is 23.0 Å². The van der Waals surface area contributed by atoms with Gasteiger partial charge in [0.2, 0.25) is 0 Å². The summed E-state index contributed by atoms with van der Waals surface area (Å²) in [5.41, 5.74) is -1.33. The van der Waals surface area contributed by atoms with Crippen LogP contribution in [0.5, 0.6) is 5.75 Å². The first-order valence-corrected chi connectivity index (χ1v) is 7.29. The summed E-state index contributed by atoms with van der Waals surface area (Å²) >= 11 is 0. The first-order chi connectivity index (χ1) is 10.7. The lowest BCUT2D eigenvalue weighted by Gasteiger charge is -2.18. The predicted molar refractivity (Wildman–Crippen MR) is 81.1 cm³/mol. The molecule has 0 atom stereocenters. The van der Waals surface area contributed by atoms with Gasteiger partial charge in [0.15, 0.2) is 0 Å². The summed E-state index contributed by atoms with van der Waals surface area (Å²) in [5, 5.41) is 20.3. The van der Waals surface area contributed by atoms with Crippen molar-refractivity contribution in [2.75, 3.05) is 25.1 Å². The molecule has 0 aromatic heterocycles. The van der Waals surface area contributed by atoms with E-state index in [0.717, 1.165) is 6.07 Å². The number of anilines is 1. The summed E-state index contributed by atoms with van der Waals surface area (Å²) in [5.74, 6) is 0.0579. The SMILES string of the molecule is CC(C)(C#N)CCCNc1ccc(OCCO)cc1C(F)(F)F. The Morgan fingerprint density at radius 2 is 2.00 bits per heavy atom. The minimum Gasteiger partial charge on any atom is -0.491 e. The fraction of sp³-hybridized carbons (Fsp3) is 0.562. The highest BCUT2D eigenvalue weighted by Crippen LogP contribution is 2.37. The fourth-order valence-corrected chi connectivity index (χ4v) is 1.97. The lowest BCUT2D eigenvalue weighted by molar-refractivity contribution is -0.137. The second-order valence-electron chi connectivity index (χ2n) is 5.80. The molecule has 7 heteroatoms. The summed E-state index contributed by atoms with van der Waals surface area (Å²) in [7, 11) is 0. The summed E-state index contributed by atoms with van der Waals surface area (Å²) in [4.78, 5) is 0. The summed E-state index contributed by atoms with van der Waals surface area (Å²) < 4.78 is 44.4. The van der Waals surface area contributed by atoms with E-state index in [-0.39, 0.29) is 24.7 Å². The van der Waals surface area contributed by atoms with Crippen molar-refractivity contribution in [2.24, 2.45) is 5.41 Å². The van der Waals surface area contributed by atoms with Crippen molar-refractivity contribution in [1.29, 1.82) is 5.26 Å². The maximum absolute atomic E-state index is 13.1. The first kappa shape index (κ1) is 19.1. The zero-order valence-electron chi connectivity index (χ0n) is 13.2. The molecule has 0 amide bonds. The van der Waals surface area contributed by atoms with Crippen LogP contribution in [0.3, 0.4) is 0 Å². The van der Waals surface area contributed by atoms with Crippen LogP contribution in [0.1, 0.15) is 32.3 Å². The number of alkyl halides is 3. The van der Waals surface area contributed by atoms with Crippen molar-refractivity contribution in [2.45, 2.75) is 32.9 Å². The van der Waals surface area contributed by atoms with E-state index in [1.54, 1.807) is 13.8 Å². The Labute approximate surface area is 133 Å². The Kier molecular flexibility index (Phi) is 6.70. The fourth-order valence-electron chi connectivity index (χ4n) is 1.97. The van der Waals surface area contributed by atoms with Crippen molar-refractivity contribution in [3.05, 3.63) is 23.8 Å². The standard InChI is InChI=1S/C16H21F3N2O2/c1-15(2,11-20)6-3-7-21-14-5-4-12(23-9-8-22)10-13(14)16(17,18)19/h4-5,10,21-22H,3,6-9H2,1-2H3. The van der Waals surface area contributed by atoms with E-state index < -0.39 is 17.2 Å². The molecule has 0 fully saturated rings. The topological polar surface area (TPSA) is 65.3 Å². The molecular formula is C16H21F3N2O2. The normalized spacial score (nSPS) is 11.9. The molecule has 0 aliphatic rings. The Morgan fingerprint density at radius 3 is 2.57 bits per heavy atom. The Morgan fingerprint density at radius 1 is 1.30 bits per heavy atom. The molecule has 128 valence electrons. The van der Waals surface area contributed by atoms with Crippen molar-refractivity contribution >= 4 is 5.69 Å². The third kappa shape index (κ3) is 6.37. The molecule has 0 bridgehead atoms. The zero-order valence-corrected chi connectivity index (χ0v) is 13.2. The number of halogens is 3. The summed E-state index contributed by atoms with van der Waals surface area (Å²) in [6.45, 7) is 3.59. The second kappa shape index (κ2) is 8.06. The van der Waals surface area contributed by atoms with E-state index in [1.165, 1.54) is 12.1 Å². The van der Waals surface area contributed by atoms with Gasteiger partial charge in [-0.1, -0.05) is 0 Å². The van der Waals surface area contributed by atoms with E-state index in [4.69, 9.17) is 15.1 Å². The van der Waals surface area contributed by atoms with Gasteiger partial charge in [0.1, 0.15) is 12.4 Å². The van der Waals surface area contributed by atoms with Gasteiger partial charge in [0.05, 0.1) is 23.7 Å². The molecule has 0 aliphatic carbocycles. The average molecular weight is 330 g/mol. The van der Waals surface area contributed by atoms with Crippen LogP contribution in [0.15, 0.2) is 18.2 Å². The number of benzene rings is 1. The molecule has 2 N–H and O–H groups in total. The van der Waals surface area contributed by atoms with Gasteiger partial charge in [-0.25, -0.2) is 0 Å². The van der Waals surface area contributed by atoms with Gasteiger partial charge in [-0.15, -0.1) is 0 Å². The van der Waals surface area contributed by atoms with Crippen LogP contribution in [-0.2, 0) is 6.18 Å². The highest BCUT2D eigenvalue weighted by atomic mass is 19.4. The molecule has 0 saturated carbocycles. The number of hydrogen-bond acceptors (Lipinski definition) is 4. The molecule has 0 saturated heterocycles. The number of ether oxygens (including phenoxy) is 1. The van der Waals surface area contributed by atoms with E-state index >= 15 is 0 Å². The first-order valence-electron chi connectivity index (χ1n) is 7.29. The van der Waals surface area contributed by atoms with Gasteiger partial charge < -0.3 is 15.2 Å². The molecule has 0 unspecified atom stereocenters. The molecule has 1 rings (SSSR count).